The maximum atomic E-state index is 11.0. The molecule has 0 saturated heterocycles. The summed E-state index contributed by atoms with van der Waals surface area (Å²) >= 11 is 0. The molecule has 5 N–H and O–H groups in total. The largest absolute Gasteiger partial charge is 0.481 e. The van der Waals surface area contributed by atoms with Crippen LogP contribution in [0.3, 0.4) is 0 Å². The monoisotopic (exact) mass is 264 g/mol. The molecular weight excluding hydrogens is 255 g/mol. The topological polar surface area (TPSA) is 161 Å². The van der Waals surface area contributed by atoms with Gasteiger partial charge in [-0.1, -0.05) is 0 Å². The summed E-state index contributed by atoms with van der Waals surface area (Å²) in [5.74, 6) is -5.85. The maximum absolute atomic E-state index is 11.0. The number of hydrogen-bond acceptors (Lipinski definition) is 4. The molecule has 0 bridgehead atoms. The molecule has 1 aromatic heterocycles. The lowest BCUT2D eigenvalue weighted by molar-refractivity contribution is -0.145. The molecule has 1 rings (SSSR count). The second-order valence-corrected chi connectivity index (χ2v) is 4.90. The SMILES string of the molecule is O=C(O)C(c1ncc[nH]1)C(C(=O)O)P(=O)(O)O. The van der Waals surface area contributed by atoms with E-state index >= 15 is 0 Å². The van der Waals surface area contributed by atoms with E-state index in [0.29, 0.717) is 0 Å². The lowest BCUT2D eigenvalue weighted by atomic mass is 10.1. The Morgan fingerprint density at radius 1 is 1.29 bits per heavy atom. The molecule has 0 saturated carbocycles. The van der Waals surface area contributed by atoms with Crippen LogP contribution in [0.15, 0.2) is 12.4 Å². The predicted molar refractivity (Wildman–Crippen MR) is 52.4 cm³/mol. The van der Waals surface area contributed by atoms with Crippen molar-refractivity contribution in [2.24, 2.45) is 0 Å². The summed E-state index contributed by atoms with van der Waals surface area (Å²) in [5, 5.41) is 17.6. The van der Waals surface area contributed by atoms with Gasteiger partial charge in [-0.05, 0) is 0 Å². The van der Waals surface area contributed by atoms with Crippen molar-refractivity contribution in [1.29, 1.82) is 0 Å². The van der Waals surface area contributed by atoms with E-state index in [1.54, 1.807) is 0 Å². The number of aliphatic carboxylic acids is 2. The summed E-state index contributed by atoms with van der Waals surface area (Å²) in [6, 6.07) is 0. The molecule has 1 aromatic rings. The highest BCUT2D eigenvalue weighted by Crippen LogP contribution is 2.47. The molecule has 0 radical (unpaired) electrons. The Labute approximate surface area is 94.3 Å². The van der Waals surface area contributed by atoms with Gasteiger partial charge in [-0.3, -0.25) is 14.2 Å². The highest BCUT2D eigenvalue weighted by Gasteiger charge is 2.48. The molecule has 2 atom stereocenters. The van der Waals surface area contributed by atoms with Crippen molar-refractivity contribution < 1.29 is 34.2 Å². The molecule has 0 aliphatic heterocycles. The lowest BCUT2D eigenvalue weighted by Crippen LogP contribution is -2.33. The molecule has 0 aromatic carbocycles. The van der Waals surface area contributed by atoms with Gasteiger partial charge in [0.25, 0.3) is 0 Å². The molecule has 0 fully saturated rings. The number of carboxylic acids is 2. The van der Waals surface area contributed by atoms with Crippen LogP contribution in [-0.2, 0) is 14.2 Å². The molecule has 1 heterocycles. The molecule has 10 heteroatoms. The number of aromatic nitrogens is 2. The van der Waals surface area contributed by atoms with Crippen molar-refractivity contribution in [3.8, 4) is 0 Å². The first-order valence-electron chi connectivity index (χ1n) is 4.25. The van der Waals surface area contributed by atoms with E-state index in [2.05, 4.69) is 9.97 Å². The van der Waals surface area contributed by atoms with Gasteiger partial charge in [0.1, 0.15) is 11.7 Å². The van der Waals surface area contributed by atoms with Crippen molar-refractivity contribution in [2.45, 2.75) is 11.6 Å². The molecular formula is C7H9N2O7P. The molecule has 0 spiro atoms. The number of rotatable bonds is 5. The summed E-state index contributed by atoms with van der Waals surface area (Å²) in [6.07, 6.45) is 2.38. The van der Waals surface area contributed by atoms with E-state index in [1.165, 1.54) is 6.20 Å². The predicted octanol–water partition coefficient (Wildman–Crippen LogP) is -0.791. The average molecular weight is 264 g/mol. The van der Waals surface area contributed by atoms with Crippen LogP contribution in [0.4, 0.5) is 0 Å². The van der Waals surface area contributed by atoms with Gasteiger partial charge in [0, 0.05) is 12.4 Å². The summed E-state index contributed by atoms with van der Waals surface area (Å²) in [4.78, 5) is 45.3. The quantitative estimate of drug-likeness (QED) is 0.432. The van der Waals surface area contributed by atoms with Crippen LogP contribution >= 0.6 is 7.60 Å². The maximum Gasteiger partial charge on any atom is 0.341 e. The third-order valence-corrected chi connectivity index (χ3v) is 3.25. The van der Waals surface area contributed by atoms with Crippen molar-refractivity contribution >= 4 is 19.5 Å². The standard InChI is InChI=1S/C7H9N2O7P/c10-6(11)3(5-8-1-2-9-5)4(7(12)13)17(14,15)16/h1-4H,(H,8,9)(H,10,11)(H,12,13)(H2,14,15,16). The number of carbonyl (C=O) groups is 2. The third-order valence-electron chi connectivity index (χ3n) is 2.01. The Morgan fingerprint density at radius 2 is 1.88 bits per heavy atom. The molecule has 0 aliphatic carbocycles. The Morgan fingerprint density at radius 3 is 2.18 bits per heavy atom. The zero-order valence-electron chi connectivity index (χ0n) is 8.22. The minimum absolute atomic E-state index is 0.326. The Balaban J connectivity index is 3.26. The summed E-state index contributed by atoms with van der Waals surface area (Å²) in [5.41, 5.74) is -2.38. The van der Waals surface area contributed by atoms with Gasteiger partial charge >= 0.3 is 19.5 Å². The second kappa shape index (κ2) is 4.66. The van der Waals surface area contributed by atoms with Crippen molar-refractivity contribution in [2.75, 3.05) is 0 Å². The summed E-state index contributed by atoms with van der Waals surface area (Å²) in [7, 11) is -5.12. The van der Waals surface area contributed by atoms with Crippen molar-refractivity contribution in [1.82, 2.24) is 9.97 Å². The van der Waals surface area contributed by atoms with E-state index in [1.807, 2.05) is 0 Å². The smallest absolute Gasteiger partial charge is 0.341 e. The van der Waals surface area contributed by atoms with Gasteiger partial charge in [-0.15, -0.1) is 0 Å². The van der Waals surface area contributed by atoms with Crippen LogP contribution in [0.5, 0.6) is 0 Å². The third kappa shape index (κ3) is 2.90. The van der Waals surface area contributed by atoms with Gasteiger partial charge in [0.05, 0.1) is 0 Å². The number of nitrogens with zero attached hydrogens (tertiary/aromatic N) is 1. The average Bonchev–Trinajstić information content (AvgIpc) is 2.62. The second-order valence-electron chi connectivity index (χ2n) is 3.16. The number of carboxylic acid groups (broad SMARTS) is 2. The van der Waals surface area contributed by atoms with Crippen LogP contribution in [0, 0.1) is 0 Å². The number of H-pyrrole nitrogens is 1. The van der Waals surface area contributed by atoms with Gasteiger partial charge in [0.2, 0.25) is 0 Å². The zero-order valence-corrected chi connectivity index (χ0v) is 9.11. The molecule has 2 unspecified atom stereocenters. The van der Waals surface area contributed by atoms with E-state index in [4.69, 9.17) is 20.0 Å². The van der Waals surface area contributed by atoms with Crippen molar-refractivity contribution in [3.05, 3.63) is 18.2 Å². The Hall–Kier alpha value is -1.70. The summed E-state index contributed by atoms with van der Waals surface area (Å²) in [6.45, 7) is 0. The van der Waals surface area contributed by atoms with Crippen LogP contribution < -0.4 is 0 Å². The normalized spacial score (nSPS) is 15.2. The number of nitrogens with one attached hydrogen (secondary N) is 1. The van der Waals surface area contributed by atoms with Crippen LogP contribution in [-0.4, -0.2) is 47.6 Å². The van der Waals surface area contributed by atoms with Crippen molar-refractivity contribution in [3.63, 3.8) is 0 Å². The molecule has 0 aliphatic rings. The molecule has 9 nitrogen and oxygen atoms in total. The lowest BCUT2D eigenvalue weighted by Gasteiger charge is -2.19. The van der Waals surface area contributed by atoms with Gasteiger partial charge in [0.15, 0.2) is 5.66 Å². The van der Waals surface area contributed by atoms with Crippen LogP contribution in [0.25, 0.3) is 0 Å². The van der Waals surface area contributed by atoms with Crippen LogP contribution in [0.2, 0.25) is 0 Å². The van der Waals surface area contributed by atoms with E-state index < -0.39 is 31.1 Å². The highest BCUT2D eigenvalue weighted by atomic mass is 31.2. The molecule has 0 amide bonds. The fourth-order valence-corrected chi connectivity index (χ4v) is 2.27. The fraction of sp³-hybridized carbons (Fsp3) is 0.286. The molecule has 17 heavy (non-hydrogen) atoms. The zero-order chi connectivity index (χ0) is 13.2. The van der Waals surface area contributed by atoms with Gasteiger partial charge < -0.3 is 25.0 Å². The van der Waals surface area contributed by atoms with Gasteiger partial charge in [-0.2, -0.15) is 0 Å². The fourth-order valence-electron chi connectivity index (χ4n) is 1.33. The Kier molecular flexibility index (Phi) is 3.66. The minimum atomic E-state index is -5.12. The minimum Gasteiger partial charge on any atom is -0.481 e. The highest BCUT2D eigenvalue weighted by molar-refractivity contribution is 7.53. The number of hydrogen-bond donors (Lipinski definition) is 5. The van der Waals surface area contributed by atoms with E-state index in [9.17, 15) is 14.2 Å². The summed E-state index contributed by atoms with van der Waals surface area (Å²) < 4.78 is 11.0. The van der Waals surface area contributed by atoms with Crippen LogP contribution in [0.1, 0.15) is 11.7 Å². The first-order valence-corrected chi connectivity index (χ1v) is 5.93. The first-order chi connectivity index (χ1) is 7.75. The number of imidazole rings is 1. The number of aromatic amines is 1. The van der Waals surface area contributed by atoms with E-state index in [0.717, 1.165) is 6.20 Å². The first kappa shape index (κ1) is 13.4. The molecule has 94 valence electrons. The Bertz CT molecular complexity index is 465. The van der Waals surface area contributed by atoms with E-state index in [-0.39, 0.29) is 5.82 Å². The van der Waals surface area contributed by atoms with Gasteiger partial charge in [-0.25, -0.2) is 4.98 Å².